The highest BCUT2D eigenvalue weighted by atomic mass is 35.5. The van der Waals surface area contributed by atoms with E-state index in [0.29, 0.717) is 11.6 Å². The Morgan fingerprint density at radius 1 is 1.46 bits per heavy atom. The Balaban J connectivity index is 2.64. The average molecular weight is 200 g/mol. The molecule has 70 valence electrons. The van der Waals surface area contributed by atoms with Gasteiger partial charge in [-0.25, -0.2) is 4.79 Å². The third-order valence-electron chi connectivity index (χ3n) is 1.66. The summed E-state index contributed by atoms with van der Waals surface area (Å²) in [5.41, 5.74) is 0.925. The molecule has 1 aromatic rings. The fraction of sp³-hybridized carbons (Fsp3) is 0.222. The summed E-state index contributed by atoms with van der Waals surface area (Å²) in [6, 6.07) is 7.10. The van der Waals surface area contributed by atoms with Gasteiger partial charge >= 0.3 is 6.09 Å². The van der Waals surface area contributed by atoms with E-state index in [1.165, 1.54) is 11.9 Å². The Kier molecular flexibility index (Phi) is 3.14. The van der Waals surface area contributed by atoms with Gasteiger partial charge in [0, 0.05) is 18.6 Å². The third-order valence-corrected chi connectivity index (χ3v) is 1.91. The molecule has 3 nitrogen and oxygen atoms in total. The summed E-state index contributed by atoms with van der Waals surface area (Å²) < 4.78 is 0. The van der Waals surface area contributed by atoms with E-state index in [1.807, 2.05) is 12.1 Å². The van der Waals surface area contributed by atoms with E-state index < -0.39 is 6.09 Å². The van der Waals surface area contributed by atoms with E-state index in [-0.39, 0.29) is 0 Å². The lowest BCUT2D eigenvalue weighted by molar-refractivity contribution is 0.154. The minimum atomic E-state index is -0.935. The smallest absolute Gasteiger partial charge is 0.407 e. The van der Waals surface area contributed by atoms with E-state index in [9.17, 15) is 4.79 Å². The third kappa shape index (κ3) is 2.95. The first-order valence-electron chi connectivity index (χ1n) is 3.78. The second-order valence-corrected chi connectivity index (χ2v) is 3.20. The van der Waals surface area contributed by atoms with Gasteiger partial charge in [-0.15, -0.1) is 0 Å². The molecule has 0 aliphatic carbocycles. The van der Waals surface area contributed by atoms with Crippen LogP contribution in [0.3, 0.4) is 0 Å². The molecule has 1 amide bonds. The highest BCUT2D eigenvalue weighted by Gasteiger charge is 2.05. The van der Waals surface area contributed by atoms with Gasteiger partial charge in [0.05, 0.1) is 0 Å². The zero-order chi connectivity index (χ0) is 9.84. The maximum atomic E-state index is 10.5. The van der Waals surface area contributed by atoms with Crippen LogP contribution < -0.4 is 0 Å². The highest BCUT2D eigenvalue weighted by Crippen LogP contribution is 2.10. The predicted octanol–water partition coefficient (Wildman–Crippen LogP) is 2.45. The van der Waals surface area contributed by atoms with Crippen LogP contribution in [-0.2, 0) is 6.54 Å². The molecule has 0 atom stereocenters. The van der Waals surface area contributed by atoms with Gasteiger partial charge in [-0.05, 0) is 17.7 Å². The van der Waals surface area contributed by atoms with Crippen molar-refractivity contribution in [2.75, 3.05) is 7.05 Å². The lowest BCUT2D eigenvalue weighted by Crippen LogP contribution is -2.23. The molecule has 0 saturated heterocycles. The Bertz CT molecular complexity index is 297. The maximum absolute atomic E-state index is 10.5. The maximum Gasteiger partial charge on any atom is 0.407 e. The number of benzene rings is 1. The summed E-state index contributed by atoms with van der Waals surface area (Å²) >= 11 is 5.68. The van der Waals surface area contributed by atoms with Crippen LogP contribution in [0.5, 0.6) is 0 Å². The standard InChI is InChI=1S/C9H10ClNO2/c1-11(9(12)13)6-7-2-4-8(10)5-3-7/h2-5H,6H2,1H3,(H,12,13). The van der Waals surface area contributed by atoms with Gasteiger partial charge in [0.15, 0.2) is 0 Å². The fourth-order valence-corrected chi connectivity index (χ4v) is 1.06. The topological polar surface area (TPSA) is 40.5 Å². The van der Waals surface area contributed by atoms with Gasteiger partial charge in [0.1, 0.15) is 0 Å². The molecule has 0 spiro atoms. The van der Waals surface area contributed by atoms with Gasteiger partial charge in [-0.3, -0.25) is 0 Å². The SMILES string of the molecule is CN(Cc1ccc(Cl)cc1)C(=O)O. The molecule has 1 N–H and O–H groups in total. The summed E-state index contributed by atoms with van der Waals surface area (Å²) in [4.78, 5) is 11.7. The Morgan fingerprint density at radius 2 is 2.00 bits per heavy atom. The molecule has 0 saturated carbocycles. The second-order valence-electron chi connectivity index (χ2n) is 2.77. The predicted molar refractivity (Wildman–Crippen MR) is 50.9 cm³/mol. The molecule has 0 aliphatic rings. The lowest BCUT2D eigenvalue weighted by atomic mass is 10.2. The quantitative estimate of drug-likeness (QED) is 0.795. The van der Waals surface area contributed by atoms with Crippen molar-refractivity contribution in [3.63, 3.8) is 0 Å². The zero-order valence-electron chi connectivity index (χ0n) is 7.20. The molecular formula is C9H10ClNO2. The van der Waals surface area contributed by atoms with Crippen molar-refractivity contribution < 1.29 is 9.90 Å². The number of amides is 1. The normalized spacial score (nSPS) is 9.69. The van der Waals surface area contributed by atoms with E-state index in [4.69, 9.17) is 16.7 Å². The first-order valence-corrected chi connectivity index (χ1v) is 4.16. The largest absolute Gasteiger partial charge is 0.465 e. The van der Waals surface area contributed by atoms with Crippen LogP contribution >= 0.6 is 11.6 Å². The van der Waals surface area contributed by atoms with Crippen LogP contribution in [0, 0.1) is 0 Å². The molecule has 0 fully saturated rings. The van der Waals surface area contributed by atoms with E-state index in [2.05, 4.69) is 0 Å². The van der Waals surface area contributed by atoms with E-state index in [0.717, 1.165) is 5.56 Å². The number of hydrogen-bond donors (Lipinski definition) is 1. The average Bonchev–Trinajstić information content (AvgIpc) is 2.08. The molecule has 13 heavy (non-hydrogen) atoms. The molecule has 4 heteroatoms. The second kappa shape index (κ2) is 4.14. The molecular weight excluding hydrogens is 190 g/mol. The van der Waals surface area contributed by atoms with Crippen LogP contribution in [0.15, 0.2) is 24.3 Å². The minimum absolute atomic E-state index is 0.381. The first-order chi connectivity index (χ1) is 6.09. The Hall–Kier alpha value is -1.22. The number of carboxylic acid groups (broad SMARTS) is 1. The van der Waals surface area contributed by atoms with Crippen molar-refractivity contribution in [1.82, 2.24) is 4.90 Å². The molecule has 0 unspecified atom stereocenters. The number of hydrogen-bond acceptors (Lipinski definition) is 1. The van der Waals surface area contributed by atoms with Crippen molar-refractivity contribution in [2.45, 2.75) is 6.54 Å². The van der Waals surface area contributed by atoms with Crippen LogP contribution in [-0.4, -0.2) is 23.1 Å². The summed E-state index contributed by atoms with van der Waals surface area (Å²) in [7, 11) is 1.52. The molecule has 0 aliphatic heterocycles. The van der Waals surface area contributed by atoms with Crippen molar-refractivity contribution >= 4 is 17.7 Å². The van der Waals surface area contributed by atoms with Crippen LogP contribution in [0.1, 0.15) is 5.56 Å². The monoisotopic (exact) mass is 199 g/mol. The molecule has 0 aromatic heterocycles. The van der Waals surface area contributed by atoms with Crippen molar-refractivity contribution in [3.05, 3.63) is 34.9 Å². The Morgan fingerprint density at radius 3 is 2.46 bits per heavy atom. The summed E-state index contributed by atoms with van der Waals surface area (Å²) in [5.74, 6) is 0. The number of rotatable bonds is 2. The summed E-state index contributed by atoms with van der Waals surface area (Å²) in [6.07, 6.45) is -0.935. The van der Waals surface area contributed by atoms with Gasteiger partial charge < -0.3 is 10.0 Å². The summed E-state index contributed by atoms with van der Waals surface area (Å²) in [5, 5.41) is 9.25. The number of carbonyl (C=O) groups is 1. The van der Waals surface area contributed by atoms with Gasteiger partial charge in [0.25, 0.3) is 0 Å². The first kappa shape index (κ1) is 9.86. The highest BCUT2D eigenvalue weighted by molar-refractivity contribution is 6.30. The molecule has 0 radical (unpaired) electrons. The van der Waals surface area contributed by atoms with E-state index >= 15 is 0 Å². The molecule has 1 rings (SSSR count). The molecule has 1 aromatic carbocycles. The van der Waals surface area contributed by atoms with Gasteiger partial charge in [0.2, 0.25) is 0 Å². The fourth-order valence-electron chi connectivity index (χ4n) is 0.931. The molecule has 0 bridgehead atoms. The number of nitrogens with zero attached hydrogens (tertiary/aromatic N) is 1. The number of halogens is 1. The van der Waals surface area contributed by atoms with Gasteiger partial charge in [-0.2, -0.15) is 0 Å². The Labute approximate surface area is 81.5 Å². The summed E-state index contributed by atoms with van der Waals surface area (Å²) in [6.45, 7) is 0.381. The van der Waals surface area contributed by atoms with Crippen molar-refractivity contribution in [2.24, 2.45) is 0 Å². The minimum Gasteiger partial charge on any atom is -0.465 e. The van der Waals surface area contributed by atoms with Crippen molar-refractivity contribution in [3.8, 4) is 0 Å². The van der Waals surface area contributed by atoms with Crippen LogP contribution in [0.2, 0.25) is 5.02 Å². The lowest BCUT2D eigenvalue weighted by Gasteiger charge is -2.12. The van der Waals surface area contributed by atoms with Crippen LogP contribution in [0.25, 0.3) is 0 Å². The van der Waals surface area contributed by atoms with Crippen molar-refractivity contribution in [1.29, 1.82) is 0 Å². The molecule has 0 heterocycles. The zero-order valence-corrected chi connectivity index (χ0v) is 7.95. The van der Waals surface area contributed by atoms with E-state index in [1.54, 1.807) is 12.1 Å². The van der Waals surface area contributed by atoms with Gasteiger partial charge in [-0.1, -0.05) is 23.7 Å². The van der Waals surface area contributed by atoms with Crippen LogP contribution in [0.4, 0.5) is 4.79 Å².